The SMILES string of the molecule is NC1(Cc2ccnn2-c2ccccc2Br)CC1. The molecule has 4 heteroatoms. The van der Waals surface area contributed by atoms with E-state index in [1.807, 2.05) is 35.1 Å². The van der Waals surface area contributed by atoms with E-state index in [0.29, 0.717) is 0 Å². The highest BCUT2D eigenvalue weighted by atomic mass is 79.9. The van der Waals surface area contributed by atoms with Crippen molar-refractivity contribution in [1.29, 1.82) is 0 Å². The van der Waals surface area contributed by atoms with Gasteiger partial charge in [-0.3, -0.25) is 0 Å². The van der Waals surface area contributed by atoms with Gasteiger partial charge in [-0.15, -0.1) is 0 Å². The second-order valence-corrected chi connectivity index (χ2v) is 5.58. The normalized spacial score (nSPS) is 17.1. The minimum absolute atomic E-state index is 0.0129. The molecule has 1 aromatic heterocycles. The van der Waals surface area contributed by atoms with Gasteiger partial charge in [0.2, 0.25) is 0 Å². The molecule has 2 aromatic rings. The van der Waals surface area contributed by atoms with Crippen molar-refractivity contribution in [2.45, 2.75) is 24.8 Å². The molecule has 3 nitrogen and oxygen atoms in total. The molecular formula is C13H14BrN3. The third kappa shape index (κ3) is 2.15. The van der Waals surface area contributed by atoms with Crippen LogP contribution in [0, 0.1) is 0 Å². The molecule has 1 aromatic carbocycles. The van der Waals surface area contributed by atoms with Crippen LogP contribution in [0.15, 0.2) is 41.0 Å². The Morgan fingerprint density at radius 2 is 2.06 bits per heavy atom. The zero-order chi connectivity index (χ0) is 11.9. The van der Waals surface area contributed by atoms with Gasteiger partial charge in [0.15, 0.2) is 0 Å². The fourth-order valence-corrected chi connectivity index (χ4v) is 2.46. The fraction of sp³-hybridized carbons (Fsp3) is 0.308. The Hall–Kier alpha value is -1.13. The van der Waals surface area contributed by atoms with Crippen LogP contribution in [0.25, 0.3) is 5.69 Å². The molecule has 0 unspecified atom stereocenters. The molecule has 17 heavy (non-hydrogen) atoms. The second-order valence-electron chi connectivity index (χ2n) is 4.72. The molecule has 1 aliphatic rings. The van der Waals surface area contributed by atoms with E-state index in [1.54, 1.807) is 0 Å². The molecule has 3 rings (SSSR count). The quantitative estimate of drug-likeness (QED) is 0.945. The van der Waals surface area contributed by atoms with Gasteiger partial charge < -0.3 is 5.73 Å². The molecule has 0 radical (unpaired) electrons. The highest BCUT2D eigenvalue weighted by molar-refractivity contribution is 9.10. The molecule has 1 saturated carbocycles. The van der Waals surface area contributed by atoms with E-state index in [-0.39, 0.29) is 5.54 Å². The highest BCUT2D eigenvalue weighted by Gasteiger charge is 2.39. The van der Waals surface area contributed by atoms with E-state index >= 15 is 0 Å². The van der Waals surface area contributed by atoms with E-state index in [0.717, 1.165) is 29.4 Å². The smallest absolute Gasteiger partial charge is 0.0790 e. The number of benzene rings is 1. The molecule has 2 N–H and O–H groups in total. The van der Waals surface area contributed by atoms with Crippen LogP contribution in [0.3, 0.4) is 0 Å². The maximum Gasteiger partial charge on any atom is 0.0790 e. The monoisotopic (exact) mass is 291 g/mol. The van der Waals surface area contributed by atoms with Crippen molar-refractivity contribution in [3.63, 3.8) is 0 Å². The summed E-state index contributed by atoms with van der Waals surface area (Å²) in [5.74, 6) is 0. The second kappa shape index (κ2) is 3.96. The number of para-hydroxylation sites is 1. The van der Waals surface area contributed by atoms with Gasteiger partial charge in [0.25, 0.3) is 0 Å². The first-order chi connectivity index (χ1) is 8.18. The summed E-state index contributed by atoms with van der Waals surface area (Å²) in [6, 6.07) is 10.1. The Kier molecular flexibility index (Phi) is 2.56. The van der Waals surface area contributed by atoms with Crippen molar-refractivity contribution in [3.8, 4) is 5.69 Å². The number of hydrogen-bond donors (Lipinski definition) is 1. The maximum absolute atomic E-state index is 6.17. The Morgan fingerprint density at radius 3 is 2.76 bits per heavy atom. The molecule has 0 aliphatic heterocycles. The molecule has 1 aliphatic carbocycles. The van der Waals surface area contributed by atoms with Crippen LogP contribution in [0.4, 0.5) is 0 Å². The minimum Gasteiger partial charge on any atom is -0.325 e. The number of rotatable bonds is 3. The van der Waals surface area contributed by atoms with Crippen LogP contribution in [-0.2, 0) is 6.42 Å². The lowest BCUT2D eigenvalue weighted by Gasteiger charge is -2.12. The van der Waals surface area contributed by atoms with Gasteiger partial charge in [0.05, 0.1) is 5.69 Å². The molecule has 88 valence electrons. The van der Waals surface area contributed by atoms with Gasteiger partial charge in [0.1, 0.15) is 0 Å². The van der Waals surface area contributed by atoms with Gasteiger partial charge in [-0.25, -0.2) is 4.68 Å². The number of aromatic nitrogens is 2. The first kappa shape index (κ1) is 11.0. The number of nitrogens with zero attached hydrogens (tertiary/aromatic N) is 2. The van der Waals surface area contributed by atoms with E-state index in [9.17, 15) is 0 Å². The maximum atomic E-state index is 6.17. The van der Waals surface area contributed by atoms with Gasteiger partial charge >= 0.3 is 0 Å². The molecule has 0 saturated heterocycles. The van der Waals surface area contributed by atoms with Crippen LogP contribution in [-0.4, -0.2) is 15.3 Å². The Bertz CT molecular complexity index is 543. The predicted molar refractivity (Wildman–Crippen MR) is 71.1 cm³/mol. The highest BCUT2D eigenvalue weighted by Crippen LogP contribution is 2.36. The molecule has 0 atom stereocenters. The molecule has 1 fully saturated rings. The summed E-state index contributed by atoms with van der Waals surface area (Å²) < 4.78 is 3.02. The van der Waals surface area contributed by atoms with Gasteiger partial charge in [-0.2, -0.15) is 5.10 Å². The number of halogens is 1. The van der Waals surface area contributed by atoms with Crippen molar-refractivity contribution in [1.82, 2.24) is 9.78 Å². The summed E-state index contributed by atoms with van der Waals surface area (Å²) in [5.41, 5.74) is 8.43. The molecule has 1 heterocycles. The van der Waals surface area contributed by atoms with E-state index in [1.165, 1.54) is 5.69 Å². The van der Waals surface area contributed by atoms with Gasteiger partial charge in [0, 0.05) is 28.3 Å². The summed E-state index contributed by atoms with van der Waals surface area (Å²) in [4.78, 5) is 0. The van der Waals surface area contributed by atoms with Crippen LogP contribution in [0.2, 0.25) is 0 Å². The van der Waals surface area contributed by atoms with E-state index in [2.05, 4.69) is 27.1 Å². The van der Waals surface area contributed by atoms with E-state index in [4.69, 9.17) is 5.73 Å². The number of nitrogens with two attached hydrogens (primary N) is 1. The predicted octanol–water partition coefficient (Wildman–Crippen LogP) is 2.67. The Morgan fingerprint density at radius 1 is 1.29 bits per heavy atom. The average Bonchev–Trinajstić information content (AvgIpc) is 2.87. The van der Waals surface area contributed by atoms with Crippen LogP contribution in [0.5, 0.6) is 0 Å². The molecular weight excluding hydrogens is 278 g/mol. The molecule has 0 bridgehead atoms. The molecule has 0 spiro atoms. The third-order valence-corrected chi connectivity index (χ3v) is 3.90. The summed E-state index contributed by atoms with van der Waals surface area (Å²) >= 11 is 3.56. The van der Waals surface area contributed by atoms with Crippen molar-refractivity contribution in [2.75, 3.05) is 0 Å². The largest absolute Gasteiger partial charge is 0.325 e. The average molecular weight is 292 g/mol. The molecule has 0 amide bonds. The lowest BCUT2D eigenvalue weighted by atomic mass is 10.1. The minimum atomic E-state index is 0.0129. The lowest BCUT2D eigenvalue weighted by Crippen LogP contribution is -2.26. The van der Waals surface area contributed by atoms with Crippen LogP contribution < -0.4 is 5.73 Å². The topological polar surface area (TPSA) is 43.8 Å². The van der Waals surface area contributed by atoms with Crippen molar-refractivity contribution in [3.05, 3.63) is 46.7 Å². The lowest BCUT2D eigenvalue weighted by molar-refractivity contribution is 0.637. The third-order valence-electron chi connectivity index (χ3n) is 3.23. The Balaban J connectivity index is 1.98. The van der Waals surface area contributed by atoms with Crippen molar-refractivity contribution >= 4 is 15.9 Å². The summed E-state index contributed by atoms with van der Waals surface area (Å²) in [6.45, 7) is 0. The fourth-order valence-electron chi connectivity index (χ4n) is 2.00. The Labute approximate surface area is 109 Å². The summed E-state index contributed by atoms with van der Waals surface area (Å²) in [5, 5.41) is 4.39. The van der Waals surface area contributed by atoms with Crippen LogP contribution >= 0.6 is 15.9 Å². The first-order valence-corrected chi connectivity index (χ1v) is 6.54. The first-order valence-electron chi connectivity index (χ1n) is 5.75. The van der Waals surface area contributed by atoms with E-state index < -0.39 is 0 Å². The van der Waals surface area contributed by atoms with Crippen LogP contribution in [0.1, 0.15) is 18.5 Å². The zero-order valence-electron chi connectivity index (χ0n) is 9.44. The zero-order valence-corrected chi connectivity index (χ0v) is 11.0. The van der Waals surface area contributed by atoms with Gasteiger partial charge in [-0.1, -0.05) is 12.1 Å². The number of hydrogen-bond acceptors (Lipinski definition) is 2. The van der Waals surface area contributed by atoms with Crippen molar-refractivity contribution < 1.29 is 0 Å². The standard InChI is InChI=1S/C13H14BrN3/c14-11-3-1-2-4-12(11)17-10(5-8-16-17)9-13(15)6-7-13/h1-5,8H,6-7,9,15H2. The van der Waals surface area contributed by atoms with Crippen molar-refractivity contribution in [2.24, 2.45) is 5.73 Å². The van der Waals surface area contributed by atoms with Gasteiger partial charge in [-0.05, 0) is 47.0 Å². The summed E-state index contributed by atoms with van der Waals surface area (Å²) in [6.07, 6.45) is 4.97. The summed E-state index contributed by atoms with van der Waals surface area (Å²) in [7, 11) is 0.